The number of rotatable bonds is 5. The number of fused-ring (bicyclic) bond motifs is 1. The highest BCUT2D eigenvalue weighted by atomic mass is 32.2. The van der Waals surface area contributed by atoms with Crippen molar-refractivity contribution in [3.05, 3.63) is 47.8 Å². The number of nitrogens with zero attached hydrogens (tertiary/aromatic N) is 2. The van der Waals surface area contributed by atoms with Crippen molar-refractivity contribution in [1.82, 2.24) is 15.1 Å². The van der Waals surface area contributed by atoms with Crippen LogP contribution in [0.25, 0.3) is 0 Å². The fraction of sp³-hybridized carbons (Fsp3) is 0.471. The Kier molecular flexibility index (Phi) is 4.66. The summed E-state index contributed by atoms with van der Waals surface area (Å²) >= 11 is 1.96. The van der Waals surface area contributed by atoms with E-state index in [0.29, 0.717) is 11.3 Å². The molecule has 0 spiro atoms. The van der Waals surface area contributed by atoms with Crippen LogP contribution < -0.4 is 5.32 Å². The van der Waals surface area contributed by atoms with Crippen LogP contribution in [-0.4, -0.2) is 21.6 Å². The molecule has 3 nitrogen and oxygen atoms in total. The zero-order valence-electron chi connectivity index (χ0n) is 12.7. The molecule has 0 saturated heterocycles. The number of hydrogen-bond acceptors (Lipinski definition) is 3. The summed E-state index contributed by atoms with van der Waals surface area (Å²) in [6.07, 6.45) is 7.66. The highest BCUT2D eigenvalue weighted by Crippen LogP contribution is 2.39. The number of hydrogen-bond donors (Lipinski definition) is 1. The quantitative estimate of drug-likeness (QED) is 0.915. The van der Waals surface area contributed by atoms with Crippen molar-refractivity contribution < 1.29 is 0 Å². The maximum absolute atomic E-state index is 4.29. The van der Waals surface area contributed by atoms with E-state index in [0.717, 1.165) is 6.54 Å². The van der Waals surface area contributed by atoms with Gasteiger partial charge in [0.1, 0.15) is 0 Å². The van der Waals surface area contributed by atoms with Crippen LogP contribution in [0.3, 0.4) is 0 Å². The average Bonchev–Trinajstić information content (AvgIpc) is 2.91. The van der Waals surface area contributed by atoms with Gasteiger partial charge < -0.3 is 5.32 Å². The van der Waals surface area contributed by atoms with Crippen molar-refractivity contribution in [2.75, 3.05) is 6.54 Å². The lowest BCUT2D eigenvalue weighted by Crippen LogP contribution is -2.34. The van der Waals surface area contributed by atoms with Gasteiger partial charge in [0, 0.05) is 29.4 Å². The van der Waals surface area contributed by atoms with Gasteiger partial charge in [-0.3, -0.25) is 4.68 Å². The first-order valence-electron chi connectivity index (χ1n) is 7.74. The third kappa shape index (κ3) is 3.33. The molecule has 0 radical (unpaired) electrons. The van der Waals surface area contributed by atoms with Crippen molar-refractivity contribution in [1.29, 1.82) is 0 Å². The fourth-order valence-corrected chi connectivity index (χ4v) is 4.32. The van der Waals surface area contributed by atoms with E-state index >= 15 is 0 Å². The van der Waals surface area contributed by atoms with Gasteiger partial charge in [-0.2, -0.15) is 5.10 Å². The summed E-state index contributed by atoms with van der Waals surface area (Å²) in [4.78, 5) is 1.27. The van der Waals surface area contributed by atoms with Crippen LogP contribution in [0.4, 0.5) is 0 Å². The molecule has 1 aromatic carbocycles. The Morgan fingerprint density at radius 1 is 1.38 bits per heavy atom. The maximum Gasteiger partial charge on any atom is 0.0625 e. The summed E-state index contributed by atoms with van der Waals surface area (Å²) < 4.78 is 1.88. The maximum atomic E-state index is 4.29. The number of benzene rings is 1. The van der Waals surface area contributed by atoms with E-state index < -0.39 is 0 Å². The number of nitrogens with one attached hydrogen (secondary N) is 1. The largest absolute Gasteiger partial charge is 0.309 e. The van der Waals surface area contributed by atoms with Gasteiger partial charge in [0.15, 0.2) is 0 Å². The third-order valence-corrected chi connectivity index (χ3v) is 5.34. The lowest BCUT2D eigenvalue weighted by atomic mass is 9.87. The molecule has 1 aromatic heterocycles. The van der Waals surface area contributed by atoms with E-state index in [4.69, 9.17) is 0 Å². The van der Waals surface area contributed by atoms with Gasteiger partial charge >= 0.3 is 0 Å². The molecule has 2 unspecified atom stereocenters. The molecule has 0 bridgehead atoms. The molecule has 2 atom stereocenters. The van der Waals surface area contributed by atoms with Gasteiger partial charge in [-0.15, -0.1) is 11.8 Å². The lowest BCUT2D eigenvalue weighted by molar-refractivity contribution is 0.472. The molecule has 0 amide bonds. The molecule has 21 heavy (non-hydrogen) atoms. The SMILES string of the molecule is CCCNC1c2ccccc2CCC1Sc1cnn(C)c1. The van der Waals surface area contributed by atoms with E-state index in [1.807, 2.05) is 29.7 Å². The highest BCUT2D eigenvalue weighted by Gasteiger charge is 2.29. The second-order valence-corrected chi connectivity index (χ2v) is 6.99. The van der Waals surface area contributed by atoms with Gasteiger partial charge in [0.25, 0.3) is 0 Å². The Balaban J connectivity index is 1.82. The van der Waals surface area contributed by atoms with Gasteiger partial charge in [-0.25, -0.2) is 0 Å². The van der Waals surface area contributed by atoms with Crippen molar-refractivity contribution in [2.45, 2.75) is 42.4 Å². The Bertz CT molecular complexity index is 593. The van der Waals surface area contributed by atoms with Crippen molar-refractivity contribution >= 4 is 11.8 Å². The van der Waals surface area contributed by atoms with Crippen LogP contribution >= 0.6 is 11.8 Å². The van der Waals surface area contributed by atoms with Crippen LogP contribution in [0.2, 0.25) is 0 Å². The predicted molar refractivity (Wildman–Crippen MR) is 88.7 cm³/mol. The monoisotopic (exact) mass is 301 g/mol. The Morgan fingerprint density at radius 2 is 2.24 bits per heavy atom. The van der Waals surface area contributed by atoms with Gasteiger partial charge in [0.05, 0.1) is 6.20 Å². The summed E-state index contributed by atoms with van der Waals surface area (Å²) in [5.41, 5.74) is 2.99. The summed E-state index contributed by atoms with van der Waals surface area (Å²) in [7, 11) is 1.98. The Morgan fingerprint density at radius 3 is 3.00 bits per heavy atom. The molecule has 0 saturated carbocycles. The topological polar surface area (TPSA) is 29.9 Å². The van der Waals surface area contributed by atoms with E-state index in [9.17, 15) is 0 Å². The molecule has 1 heterocycles. The minimum absolute atomic E-state index is 0.445. The van der Waals surface area contributed by atoms with Crippen LogP contribution in [-0.2, 0) is 13.5 Å². The standard InChI is InChI=1S/C17H23N3S/c1-3-10-18-17-15-7-5-4-6-13(15)8-9-16(17)21-14-11-19-20(2)12-14/h4-7,11-12,16-18H,3,8-10H2,1-2H3. The minimum atomic E-state index is 0.445. The average molecular weight is 301 g/mol. The molecule has 1 aliphatic carbocycles. The van der Waals surface area contributed by atoms with E-state index in [1.54, 1.807) is 0 Å². The van der Waals surface area contributed by atoms with E-state index in [2.05, 4.69) is 47.8 Å². The Hall–Kier alpha value is -1.26. The van der Waals surface area contributed by atoms with Crippen LogP contribution in [0, 0.1) is 0 Å². The smallest absolute Gasteiger partial charge is 0.0625 e. The van der Waals surface area contributed by atoms with Crippen LogP contribution in [0.1, 0.15) is 36.9 Å². The zero-order valence-corrected chi connectivity index (χ0v) is 13.6. The Labute approximate surface area is 131 Å². The van der Waals surface area contributed by atoms with E-state index in [-0.39, 0.29) is 0 Å². The molecule has 0 fully saturated rings. The summed E-state index contributed by atoms with van der Waals surface area (Å²) in [6.45, 7) is 3.30. The third-order valence-electron chi connectivity index (χ3n) is 4.04. The molecule has 1 aliphatic rings. The number of aryl methyl sites for hydroxylation is 2. The first-order valence-corrected chi connectivity index (χ1v) is 8.62. The molecule has 0 aliphatic heterocycles. The van der Waals surface area contributed by atoms with Gasteiger partial charge in [0.2, 0.25) is 0 Å². The number of thioether (sulfide) groups is 1. The van der Waals surface area contributed by atoms with Crippen molar-refractivity contribution in [3.63, 3.8) is 0 Å². The molecule has 1 N–H and O–H groups in total. The molecule has 4 heteroatoms. The second-order valence-electron chi connectivity index (χ2n) is 5.68. The van der Waals surface area contributed by atoms with Crippen LogP contribution in [0.5, 0.6) is 0 Å². The number of aromatic nitrogens is 2. The minimum Gasteiger partial charge on any atom is -0.309 e. The molecular formula is C17H23N3S. The predicted octanol–water partition coefficient (Wildman–Crippen LogP) is 3.57. The molecule has 112 valence electrons. The second kappa shape index (κ2) is 6.67. The van der Waals surface area contributed by atoms with Crippen molar-refractivity contribution in [2.24, 2.45) is 7.05 Å². The van der Waals surface area contributed by atoms with Crippen molar-refractivity contribution in [3.8, 4) is 0 Å². The lowest BCUT2D eigenvalue weighted by Gasteiger charge is -2.33. The summed E-state index contributed by atoms with van der Waals surface area (Å²) in [5, 5.41) is 8.62. The molecule has 3 rings (SSSR count). The summed E-state index contributed by atoms with van der Waals surface area (Å²) in [6, 6.07) is 9.33. The summed E-state index contributed by atoms with van der Waals surface area (Å²) in [5.74, 6) is 0. The first-order chi connectivity index (χ1) is 10.3. The normalized spacial score (nSPS) is 21.2. The molecule has 2 aromatic rings. The van der Waals surface area contributed by atoms with Gasteiger partial charge in [-0.1, -0.05) is 31.2 Å². The first kappa shape index (κ1) is 14.7. The van der Waals surface area contributed by atoms with Gasteiger partial charge in [-0.05, 0) is 36.9 Å². The van der Waals surface area contributed by atoms with Crippen LogP contribution in [0.15, 0.2) is 41.6 Å². The van der Waals surface area contributed by atoms with E-state index in [1.165, 1.54) is 35.3 Å². The highest BCUT2D eigenvalue weighted by molar-refractivity contribution is 8.00. The molecular weight excluding hydrogens is 278 g/mol. The zero-order chi connectivity index (χ0) is 14.7. The fourth-order valence-electron chi connectivity index (χ4n) is 3.03.